The van der Waals surface area contributed by atoms with Gasteiger partial charge in [0.1, 0.15) is 0 Å². The molecule has 0 radical (unpaired) electrons. The van der Waals surface area contributed by atoms with Crippen LogP contribution in [0, 0.1) is 5.92 Å². The van der Waals surface area contributed by atoms with Crippen molar-refractivity contribution in [1.29, 1.82) is 0 Å². The molecule has 0 N–H and O–H groups in total. The maximum absolute atomic E-state index is 11.4. The zero-order chi connectivity index (χ0) is 16.2. The van der Waals surface area contributed by atoms with Crippen LogP contribution in [-0.2, 0) is 21.4 Å². The number of piperidine rings is 1. The van der Waals surface area contributed by atoms with Crippen molar-refractivity contribution in [3.05, 3.63) is 35.4 Å². The predicted octanol–water partition coefficient (Wildman–Crippen LogP) is 3.35. The topological polar surface area (TPSA) is 37.4 Å². The molecule has 1 fully saturated rings. The number of carbonyl (C=O) groups is 2. The minimum Gasteiger partial charge on any atom is -0.336 e. The normalized spacial score (nSPS) is 16.6. The van der Waals surface area contributed by atoms with Crippen LogP contribution in [0.15, 0.2) is 24.3 Å². The van der Waals surface area contributed by atoms with Crippen molar-refractivity contribution >= 4 is 12.2 Å². The summed E-state index contributed by atoms with van der Waals surface area (Å²) in [7, 11) is 0. The van der Waals surface area contributed by atoms with E-state index in [-0.39, 0.29) is 11.3 Å². The van der Waals surface area contributed by atoms with Crippen LogP contribution in [0.5, 0.6) is 0 Å². The van der Waals surface area contributed by atoms with E-state index in [0.717, 1.165) is 38.8 Å². The lowest BCUT2D eigenvalue weighted by Gasteiger charge is -2.31. The second kappa shape index (κ2) is 7.08. The molecule has 1 aromatic carbocycles. The Bertz CT molecular complexity index is 522. The van der Waals surface area contributed by atoms with E-state index >= 15 is 0 Å². The average molecular weight is 301 g/mol. The minimum atomic E-state index is -0.364. The number of benzene rings is 1. The number of hydrogen-bond donors (Lipinski definition) is 0. The lowest BCUT2D eigenvalue weighted by molar-refractivity contribution is -0.139. The zero-order valence-corrected chi connectivity index (χ0v) is 14.0. The number of aldehydes is 1. The third-order valence-electron chi connectivity index (χ3n) is 4.67. The fourth-order valence-electron chi connectivity index (χ4n) is 3.35. The number of rotatable bonds is 4. The summed E-state index contributed by atoms with van der Waals surface area (Å²) in [5, 5.41) is 0. The molecule has 0 saturated carbocycles. The Labute approximate surface area is 133 Å². The van der Waals surface area contributed by atoms with Gasteiger partial charge in [-0.2, -0.15) is 0 Å². The molecule has 1 aliphatic rings. The van der Waals surface area contributed by atoms with Crippen LogP contribution in [-0.4, -0.2) is 30.2 Å². The van der Waals surface area contributed by atoms with Gasteiger partial charge in [0, 0.05) is 13.1 Å². The highest BCUT2D eigenvalue weighted by Crippen LogP contribution is 2.29. The number of nitrogens with zero attached hydrogens (tertiary/aromatic N) is 1. The fraction of sp³-hybridized carbons (Fsp3) is 0.579. The summed E-state index contributed by atoms with van der Waals surface area (Å²) in [5.41, 5.74) is 3.06. The summed E-state index contributed by atoms with van der Waals surface area (Å²) in [6, 6.07) is 8.72. The van der Waals surface area contributed by atoms with Gasteiger partial charge in [-0.25, -0.2) is 0 Å². The first kappa shape index (κ1) is 16.7. The summed E-state index contributed by atoms with van der Waals surface area (Å²) in [6.07, 6.45) is 4.71. The maximum Gasteiger partial charge on any atom is 0.286 e. The molecule has 3 heteroatoms. The zero-order valence-electron chi connectivity index (χ0n) is 14.0. The highest BCUT2D eigenvalue weighted by atomic mass is 16.2. The van der Waals surface area contributed by atoms with E-state index in [2.05, 4.69) is 45.0 Å². The van der Waals surface area contributed by atoms with Crippen molar-refractivity contribution in [3.8, 4) is 0 Å². The number of likely N-dealkylation sites (tertiary alicyclic amines) is 1. The molecule has 120 valence electrons. The molecule has 3 nitrogen and oxygen atoms in total. The molecule has 1 aromatic rings. The maximum atomic E-state index is 11.4. The van der Waals surface area contributed by atoms with E-state index in [0.29, 0.717) is 12.2 Å². The van der Waals surface area contributed by atoms with Gasteiger partial charge in [0.2, 0.25) is 6.29 Å². The summed E-state index contributed by atoms with van der Waals surface area (Å²) >= 11 is 0. The molecule has 0 aliphatic carbocycles. The largest absolute Gasteiger partial charge is 0.336 e. The molecule has 1 amide bonds. The second-order valence-electron chi connectivity index (χ2n) is 7.33. The summed E-state index contributed by atoms with van der Waals surface area (Å²) in [5.74, 6) is 0.292. The third kappa shape index (κ3) is 4.19. The SMILES string of the molecule is CC(C)(C)c1ccccc1CCC1CCN(C(=O)C=O)CC1. The number of amides is 1. The van der Waals surface area contributed by atoms with Crippen molar-refractivity contribution in [2.75, 3.05) is 13.1 Å². The van der Waals surface area contributed by atoms with Gasteiger partial charge in [-0.3, -0.25) is 9.59 Å². The molecule has 0 atom stereocenters. The van der Waals surface area contributed by atoms with E-state index in [4.69, 9.17) is 0 Å². The van der Waals surface area contributed by atoms with Gasteiger partial charge in [-0.1, -0.05) is 45.0 Å². The van der Waals surface area contributed by atoms with Crippen molar-refractivity contribution in [1.82, 2.24) is 4.90 Å². The smallest absolute Gasteiger partial charge is 0.286 e. The molecule has 1 saturated heterocycles. The van der Waals surface area contributed by atoms with Crippen LogP contribution in [0.3, 0.4) is 0 Å². The predicted molar refractivity (Wildman–Crippen MR) is 88.8 cm³/mol. The van der Waals surface area contributed by atoms with Crippen molar-refractivity contribution in [2.24, 2.45) is 5.92 Å². The monoisotopic (exact) mass is 301 g/mol. The van der Waals surface area contributed by atoms with Gasteiger partial charge in [-0.15, -0.1) is 0 Å². The Morgan fingerprint density at radius 1 is 1.23 bits per heavy atom. The van der Waals surface area contributed by atoms with Crippen LogP contribution >= 0.6 is 0 Å². The van der Waals surface area contributed by atoms with Crippen LogP contribution in [0.1, 0.15) is 51.2 Å². The second-order valence-corrected chi connectivity index (χ2v) is 7.33. The Morgan fingerprint density at radius 3 is 2.45 bits per heavy atom. The van der Waals surface area contributed by atoms with Crippen LogP contribution in [0.2, 0.25) is 0 Å². The van der Waals surface area contributed by atoms with Gasteiger partial charge < -0.3 is 4.90 Å². The van der Waals surface area contributed by atoms with Crippen molar-refractivity contribution in [3.63, 3.8) is 0 Å². The highest BCUT2D eigenvalue weighted by Gasteiger charge is 2.23. The molecule has 1 aliphatic heterocycles. The first-order valence-electron chi connectivity index (χ1n) is 8.24. The standard InChI is InChI=1S/C19H27NO2/c1-19(2,3)17-7-5-4-6-16(17)9-8-15-10-12-20(13-11-15)18(22)14-21/h4-7,14-15H,8-13H2,1-3H3. The Morgan fingerprint density at radius 2 is 1.86 bits per heavy atom. The quantitative estimate of drug-likeness (QED) is 0.632. The Kier molecular flexibility index (Phi) is 5.38. The molecule has 0 aromatic heterocycles. The molecule has 0 bridgehead atoms. The molecule has 0 spiro atoms. The van der Waals surface area contributed by atoms with E-state index in [9.17, 15) is 9.59 Å². The van der Waals surface area contributed by atoms with Crippen molar-refractivity contribution in [2.45, 2.75) is 51.9 Å². The summed E-state index contributed by atoms with van der Waals surface area (Å²) in [4.78, 5) is 23.6. The first-order valence-corrected chi connectivity index (χ1v) is 8.24. The van der Waals surface area contributed by atoms with Gasteiger partial charge in [0.25, 0.3) is 5.91 Å². The number of carbonyl (C=O) groups excluding carboxylic acids is 2. The highest BCUT2D eigenvalue weighted by molar-refractivity contribution is 6.23. The average Bonchev–Trinajstić information content (AvgIpc) is 2.52. The minimum absolute atomic E-state index is 0.177. The van der Waals surface area contributed by atoms with Gasteiger partial charge in [-0.05, 0) is 48.1 Å². The third-order valence-corrected chi connectivity index (χ3v) is 4.67. The molecule has 2 rings (SSSR count). The molecular formula is C19H27NO2. The summed E-state index contributed by atoms with van der Waals surface area (Å²) in [6.45, 7) is 8.23. The Hall–Kier alpha value is -1.64. The number of aryl methyl sites for hydroxylation is 1. The molecule has 1 heterocycles. The fourth-order valence-corrected chi connectivity index (χ4v) is 3.35. The van der Waals surface area contributed by atoms with Crippen LogP contribution in [0.25, 0.3) is 0 Å². The molecule has 0 unspecified atom stereocenters. The molecule has 22 heavy (non-hydrogen) atoms. The van der Waals surface area contributed by atoms with E-state index in [1.165, 1.54) is 11.1 Å². The first-order chi connectivity index (χ1) is 10.4. The van der Waals surface area contributed by atoms with E-state index < -0.39 is 0 Å². The van der Waals surface area contributed by atoms with Gasteiger partial charge >= 0.3 is 0 Å². The van der Waals surface area contributed by atoms with Gasteiger partial charge in [0.05, 0.1) is 0 Å². The van der Waals surface area contributed by atoms with E-state index in [1.807, 2.05) is 0 Å². The number of hydrogen-bond acceptors (Lipinski definition) is 2. The van der Waals surface area contributed by atoms with Crippen LogP contribution < -0.4 is 0 Å². The molecular weight excluding hydrogens is 274 g/mol. The summed E-state index contributed by atoms with van der Waals surface area (Å²) < 4.78 is 0. The van der Waals surface area contributed by atoms with Crippen LogP contribution in [0.4, 0.5) is 0 Å². The lowest BCUT2D eigenvalue weighted by Crippen LogP contribution is -2.39. The van der Waals surface area contributed by atoms with Gasteiger partial charge in [0.15, 0.2) is 0 Å². The lowest BCUT2D eigenvalue weighted by atomic mass is 9.81. The van der Waals surface area contributed by atoms with Crippen molar-refractivity contribution < 1.29 is 9.59 Å². The van der Waals surface area contributed by atoms with E-state index in [1.54, 1.807) is 4.90 Å². The Balaban J connectivity index is 1.90.